The first-order chi connectivity index (χ1) is 7.85. The van der Waals surface area contributed by atoms with E-state index in [1.54, 1.807) is 13.8 Å². The zero-order valence-corrected chi connectivity index (χ0v) is 12.7. The summed E-state index contributed by atoms with van der Waals surface area (Å²) in [5, 5.41) is 15.8. The number of hydrogen-bond acceptors (Lipinski definition) is 4. The minimum atomic E-state index is -0.834. The van der Waals surface area contributed by atoms with E-state index in [9.17, 15) is 9.90 Å². The summed E-state index contributed by atoms with van der Waals surface area (Å²) in [5.74, 6) is 0. The second kappa shape index (κ2) is 5.89. The molecule has 5 heteroatoms. The van der Waals surface area contributed by atoms with Gasteiger partial charge in [-0.3, -0.25) is 0 Å². The fourth-order valence-corrected chi connectivity index (χ4v) is 1.07. The molecule has 0 radical (unpaired) electrons. The van der Waals surface area contributed by atoms with E-state index in [1.807, 2.05) is 34.6 Å². The Bertz CT molecular complexity index is 275. The van der Waals surface area contributed by atoms with E-state index in [4.69, 9.17) is 4.74 Å². The normalized spacial score (nSPS) is 13.3. The van der Waals surface area contributed by atoms with E-state index >= 15 is 0 Å². The number of aliphatic hydroxyl groups is 1. The molecule has 0 heterocycles. The van der Waals surface area contributed by atoms with Crippen molar-refractivity contribution < 1.29 is 14.6 Å². The minimum Gasteiger partial charge on any atom is -0.444 e. The molecule has 0 aliphatic carbocycles. The topological polar surface area (TPSA) is 70.6 Å². The second-order valence-electron chi connectivity index (χ2n) is 6.54. The summed E-state index contributed by atoms with van der Waals surface area (Å²) in [6.07, 6.45) is -0.426. The molecule has 0 aromatic carbocycles. The Morgan fingerprint density at radius 3 is 1.94 bits per heavy atom. The van der Waals surface area contributed by atoms with Gasteiger partial charge in [0, 0.05) is 18.6 Å². The number of amides is 1. The van der Waals surface area contributed by atoms with Crippen molar-refractivity contribution in [1.82, 2.24) is 10.6 Å². The van der Waals surface area contributed by atoms with Crippen LogP contribution in [0.25, 0.3) is 0 Å². The Labute approximate surface area is 110 Å². The van der Waals surface area contributed by atoms with Crippen LogP contribution in [0.1, 0.15) is 48.5 Å². The van der Waals surface area contributed by atoms with Gasteiger partial charge in [-0.1, -0.05) is 0 Å². The van der Waals surface area contributed by atoms with Gasteiger partial charge >= 0.3 is 6.09 Å². The van der Waals surface area contributed by atoms with Gasteiger partial charge in [0.2, 0.25) is 0 Å². The maximum atomic E-state index is 11.4. The quantitative estimate of drug-likeness (QED) is 0.657. The highest BCUT2D eigenvalue weighted by molar-refractivity contribution is 5.67. The molecule has 0 fully saturated rings. The zero-order valence-electron chi connectivity index (χ0n) is 12.7. The fraction of sp³-hybridized carbons (Fsp3) is 0.923. The molecule has 1 amide bonds. The number of nitrogens with one attached hydrogen (secondary N) is 2. The molecular weight excluding hydrogens is 232 g/mol. The monoisotopic (exact) mass is 260 g/mol. The lowest BCUT2D eigenvalue weighted by Crippen LogP contribution is -2.57. The summed E-state index contributed by atoms with van der Waals surface area (Å²) < 4.78 is 5.11. The summed E-state index contributed by atoms with van der Waals surface area (Å²) in [6, 6.07) is 0. The van der Waals surface area contributed by atoms with E-state index in [0.29, 0.717) is 13.1 Å². The van der Waals surface area contributed by atoms with E-state index in [0.717, 1.165) is 0 Å². The number of carbonyl (C=O) groups is 1. The lowest BCUT2D eigenvalue weighted by molar-refractivity contribution is -0.00416. The first-order valence-corrected chi connectivity index (χ1v) is 6.29. The Morgan fingerprint density at radius 1 is 1.06 bits per heavy atom. The molecule has 0 rings (SSSR count). The van der Waals surface area contributed by atoms with Crippen LogP contribution < -0.4 is 10.6 Å². The van der Waals surface area contributed by atoms with Gasteiger partial charge in [-0.15, -0.1) is 0 Å². The average molecular weight is 260 g/mol. The molecule has 18 heavy (non-hydrogen) atoms. The number of carbonyl (C=O) groups excluding carboxylic acids is 1. The zero-order chi connectivity index (χ0) is 14.6. The van der Waals surface area contributed by atoms with Crippen molar-refractivity contribution in [2.75, 3.05) is 13.1 Å². The van der Waals surface area contributed by atoms with Crippen LogP contribution in [0, 0.1) is 0 Å². The van der Waals surface area contributed by atoms with Gasteiger partial charge in [0.05, 0.1) is 5.60 Å². The van der Waals surface area contributed by atoms with E-state index in [-0.39, 0.29) is 0 Å². The molecule has 0 saturated carbocycles. The molecular formula is C13H28N2O3. The average Bonchev–Trinajstić information content (AvgIpc) is 2.07. The molecule has 3 N–H and O–H groups in total. The molecule has 108 valence electrons. The lowest BCUT2D eigenvalue weighted by Gasteiger charge is -2.38. The van der Waals surface area contributed by atoms with Crippen molar-refractivity contribution in [3.63, 3.8) is 0 Å². The predicted octanol–water partition coefficient (Wildman–Crippen LogP) is 1.65. The molecule has 0 aliphatic rings. The van der Waals surface area contributed by atoms with Gasteiger partial charge in [0.1, 0.15) is 5.60 Å². The van der Waals surface area contributed by atoms with E-state index in [1.165, 1.54) is 0 Å². The number of ether oxygens (including phenoxy) is 1. The Hall–Kier alpha value is -0.810. The number of hydrogen-bond donors (Lipinski definition) is 3. The van der Waals surface area contributed by atoms with Crippen molar-refractivity contribution in [3.8, 4) is 0 Å². The largest absolute Gasteiger partial charge is 0.444 e. The molecule has 0 aromatic rings. The molecule has 0 unspecified atom stereocenters. The van der Waals surface area contributed by atoms with Crippen molar-refractivity contribution in [2.45, 2.75) is 65.2 Å². The highest BCUT2D eigenvalue weighted by atomic mass is 16.6. The third kappa shape index (κ3) is 6.81. The van der Waals surface area contributed by atoms with Crippen LogP contribution in [0.5, 0.6) is 0 Å². The molecule has 0 aromatic heterocycles. The highest BCUT2D eigenvalue weighted by Gasteiger charge is 2.34. The van der Waals surface area contributed by atoms with Crippen LogP contribution in [-0.4, -0.2) is 41.0 Å². The van der Waals surface area contributed by atoms with Gasteiger partial charge in [-0.25, -0.2) is 4.79 Å². The van der Waals surface area contributed by atoms with Gasteiger partial charge in [-0.05, 0) is 48.5 Å². The summed E-state index contributed by atoms with van der Waals surface area (Å²) >= 11 is 0. The second-order valence-corrected chi connectivity index (χ2v) is 6.54. The SMILES string of the molecule is CC(C)(C)OC(=O)NCCNC(C)(C)C(C)(C)O. The molecule has 0 saturated heterocycles. The molecule has 0 bridgehead atoms. The lowest BCUT2D eigenvalue weighted by atomic mass is 9.86. The highest BCUT2D eigenvalue weighted by Crippen LogP contribution is 2.19. The summed E-state index contributed by atoms with van der Waals surface area (Å²) in [4.78, 5) is 11.4. The Morgan fingerprint density at radius 2 is 1.56 bits per heavy atom. The summed E-state index contributed by atoms with van der Waals surface area (Å²) in [6.45, 7) is 13.8. The van der Waals surface area contributed by atoms with E-state index in [2.05, 4.69) is 10.6 Å². The van der Waals surface area contributed by atoms with E-state index < -0.39 is 22.8 Å². The molecule has 0 aliphatic heterocycles. The summed E-state index contributed by atoms with van der Waals surface area (Å²) in [5.41, 5.74) is -1.74. The third-order valence-corrected chi connectivity index (χ3v) is 2.89. The Kier molecular flexibility index (Phi) is 5.62. The minimum absolute atomic E-state index is 0.426. The first kappa shape index (κ1) is 17.2. The van der Waals surface area contributed by atoms with Crippen molar-refractivity contribution in [1.29, 1.82) is 0 Å². The fourth-order valence-electron chi connectivity index (χ4n) is 1.07. The third-order valence-electron chi connectivity index (χ3n) is 2.89. The maximum Gasteiger partial charge on any atom is 0.407 e. The first-order valence-electron chi connectivity index (χ1n) is 6.29. The smallest absolute Gasteiger partial charge is 0.407 e. The predicted molar refractivity (Wildman–Crippen MR) is 72.6 cm³/mol. The van der Waals surface area contributed by atoms with Crippen molar-refractivity contribution in [2.24, 2.45) is 0 Å². The van der Waals surface area contributed by atoms with Crippen LogP contribution in [0.3, 0.4) is 0 Å². The van der Waals surface area contributed by atoms with Gasteiger partial charge < -0.3 is 20.5 Å². The number of alkyl carbamates (subject to hydrolysis) is 1. The van der Waals surface area contributed by atoms with Gasteiger partial charge in [0.25, 0.3) is 0 Å². The standard InChI is InChI=1S/C13H28N2O3/c1-11(2,3)18-10(16)14-8-9-15-12(4,5)13(6,7)17/h15,17H,8-9H2,1-7H3,(H,14,16). The Balaban J connectivity index is 3.92. The van der Waals surface area contributed by atoms with Crippen LogP contribution in [0.2, 0.25) is 0 Å². The maximum absolute atomic E-state index is 11.4. The number of rotatable bonds is 5. The molecule has 0 spiro atoms. The van der Waals surface area contributed by atoms with Crippen molar-refractivity contribution >= 4 is 6.09 Å². The van der Waals surface area contributed by atoms with Crippen LogP contribution in [0.15, 0.2) is 0 Å². The van der Waals surface area contributed by atoms with Gasteiger partial charge in [-0.2, -0.15) is 0 Å². The summed E-state index contributed by atoms with van der Waals surface area (Å²) in [7, 11) is 0. The van der Waals surface area contributed by atoms with Crippen LogP contribution in [0.4, 0.5) is 4.79 Å². The van der Waals surface area contributed by atoms with Crippen molar-refractivity contribution in [3.05, 3.63) is 0 Å². The van der Waals surface area contributed by atoms with Gasteiger partial charge in [0.15, 0.2) is 0 Å². The molecule has 5 nitrogen and oxygen atoms in total. The van der Waals surface area contributed by atoms with Crippen LogP contribution >= 0.6 is 0 Å². The van der Waals surface area contributed by atoms with Crippen LogP contribution in [-0.2, 0) is 4.74 Å². The molecule has 0 atom stereocenters.